The summed E-state index contributed by atoms with van der Waals surface area (Å²) in [6.45, 7) is 1.81. The fourth-order valence-electron chi connectivity index (χ4n) is 1.72. The summed E-state index contributed by atoms with van der Waals surface area (Å²) in [6, 6.07) is 6.00. The number of ether oxygens (including phenoxy) is 1. The molecule has 0 aliphatic carbocycles. The zero-order valence-corrected chi connectivity index (χ0v) is 13.3. The van der Waals surface area contributed by atoms with E-state index in [1.807, 2.05) is 0 Å². The zero-order valence-electron chi connectivity index (χ0n) is 12.5. The molecule has 0 saturated carbocycles. The van der Waals surface area contributed by atoms with Crippen molar-refractivity contribution in [3.63, 3.8) is 0 Å². The van der Waals surface area contributed by atoms with Gasteiger partial charge in [-0.15, -0.1) is 5.10 Å². The number of carbonyl (C=O) groups is 2. The normalized spacial score (nSPS) is 10.5. The average Bonchev–Trinajstić information content (AvgIpc) is 3.01. The molecule has 0 unspecified atom stereocenters. The SMILES string of the molecule is CCOC(=O)c1nnsc1NC(=O)C=Cc1ccccc1[N+](=O)[O-]. The molecule has 0 atom stereocenters. The van der Waals surface area contributed by atoms with Crippen molar-refractivity contribution in [3.8, 4) is 0 Å². The second-order valence-corrected chi connectivity index (χ2v) is 5.06. The molecule has 0 aliphatic heterocycles. The topological polar surface area (TPSA) is 124 Å². The van der Waals surface area contributed by atoms with Crippen LogP contribution in [0.25, 0.3) is 6.08 Å². The molecule has 1 heterocycles. The van der Waals surface area contributed by atoms with E-state index in [0.717, 1.165) is 17.6 Å². The number of hydrogen-bond donors (Lipinski definition) is 1. The van der Waals surface area contributed by atoms with Gasteiger partial charge in [0.05, 0.1) is 17.1 Å². The second kappa shape index (κ2) is 7.92. The number of rotatable bonds is 6. The van der Waals surface area contributed by atoms with Crippen LogP contribution in [-0.4, -0.2) is 33.0 Å². The maximum atomic E-state index is 11.9. The molecule has 0 radical (unpaired) electrons. The van der Waals surface area contributed by atoms with Gasteiger partial charge in [0, 0.05) is 23.7 Å². The van der Waals surface area contributed by atoms with Gasteiger partial charge in [-0.25, -0.2) is 4.79 Å². The number of carbonyl (C=O) groups excluding carboxylic acids is 2. The molecule has 1 aromatic heterocycles. The van der Waals surface area contributed by atoms with E-state index < -0.39 is 16.8 Å². The number of amides is 1. The molecule has 9 nitrogen and oxygen atoms in total. The van der Waals surface area contributed by atoms with Crippen LogP contribution in [-0.2, 0) is 9.53 Å². The zero-order chi connectivity index (χ0) is 17.5. The molecule has 0 fully saturated rings. The molecule has 124 valence electrons. The third-order valence-electron chi connectivity index (χ3n) is 2.74. The van der Waals surface area contributed by atoms with Crippen molar-refractivity contribution >= 4 is 40.2 Å². The number of para-hydroxylation sites is 1. The summed E-state index contributed by atoms with van der Waals surface area (Å²) in [4.78, 5) is 33.9. The standard InChI is InChI=1S/C14H12N4O5S/c1-2-23-14(20)12-13(24-17-16-12)15-11(19)8-7-9-5-3-4-6-10(9)18(21)22/h3-8H,2H2,1H3,(H,15,19). The van der Waals surface area contributed by atoms with E-state index in [9.17, 15) is 19.7 Å². The maximum Gasteiger partial charge on any atom is 0.362 e. The van der Waals surface area contributed by atoms with Gasteiger partial charge < -0.3 is 10.1 Å². The number of benzene rings is 1. The highest BCUT2D eigenvalue weighted by Crippen LogP contribution is 2.20. The third-order valence-corrected chi connectivity index (χ3v) is 3.38. The highest BCUT2D eigenvalue weighted by molar-refractivity contribution is 7.10. The molecule has 1 aromatic carbocycles. The van der Waals surface area contributed by atoms with Crippen LogP contribution in [0.5, 0.6) is 0 Å². The minimum absolute atomic E-state index is 0.0886. The monoisotopic (exact) mass is 348 g/mol. The van der Waals surface area contributed by atoms with E-state index in [0.29, 0.717) is 0 Å². The molecule has 24 heavy (non-hydrogen) atoms. The Morgan fingerprint density at radius 1 is 1.42 bits per heavy atom. The molecule has 2 rings (SSSR count). The molecule has 2 aromatic rings. The molecule has 10 heteroatoms. The highest BCUT2D eigenvalue weighted by Gasteiger charge is 2.19. The highest BCUT2D eigenvalue weighted by atomic mass is 32.1. The summed E-state index contributed by atoms with van der Waals surface area (Å²) in [5, 5.41) is 17.1. The quantitative estimate of drug-likeness (QED) is 0.367. The van der Waals surface area contributed by atoms with Crippen molar-refractivity contribution in [1.82, 2.24) is 9.59 Å². The van der Waals surface area contributed by atoms with Gasteiger partial charge >= 0.3 is 5.97 Å². The van der Waals surface area contributed by atoms with Gasteiger partial charge in [-0.05, 0) is 19.1 Å². The Bertz CT molecular complexity index is 802. The van der Waals surface area contributed by atoms with E-state index in [2.05, 4.69) is 14.9 Å². The lowest BCUT2D eigenvalue weighted by Gasteiger charge is -2.01. The fourth-order valence-corrected chi connectivity index (χ4v) is 2.28. The summed E-state index contributed by atoms with van der Waals surface area (Å²) in [5.74, 6) is -1.27. The largest absolute Gasteiger partial charge is 0.461 e. The summed E-state index contributed by atoms with van der Waals surface area (Å²) in [6.07, 6.45) is 2.43. The number of aromatic nitrogens is 2. The fraction of sp³-hybridized carbons (Fsp3) is 0.143. The first-order chi connectivity index (χ1) is 11.5. The summed E-state index contributed by atoms with van der Waals surface area (Å²) in [7, 11) is 0. The van der Waals surface area contributed by atoms with Gasteiger partial charge in [-0.1, -0.05) is 16.6 Å². The lowest BCUT2D eigenvalue weighted by Crippen LogP contribution is -2.12. The first kappa shape index (κ1) is 17.2. The average molecular weight is 348 g/mol. The number of anilines is 1. The molecular formula is C14H12N4O5S. The van der Waals surface area contributed by atoms with Crippen molar-refractivity contribution in [1.29, 1.82) is 0 Å². The van der Waals surface area contributed by atoms with Crippen LogP contribution in [0.4, 0.5) is 10.7 Å². The minimum atomic E-state index is -0.691. The Hall–Kier alpha value is -3.14. The molecule has 0 saturated heterocycles. The number of nitrogens with one attached hydrogen (secondary N) is 1. The predicted octanol–water partition coefficient (Wildman–Crippen LogP) is 2.27. The molecule has 1 N–H and O–H groups in total. The Morgan fingerprint density at radius 3 is 2.88 bits per heavy atom. The molecule has 0 bridgehead atoms. The van der Waals surface area contributed by atoms with Crippen LogP contribution < -0.4 is 5.32 Å². The number of nitro benzene ring substituents is 1. The number of hydrogen-bond acceptors (Lipinski definition) is 8. The first-order valence-corrected chi connectivity index (χ1v) is 7.52. The summed E-state index contributed by atoms with van der Waals surface area (Å²) < 4.78 is 8.40. The molecular weight excluding hydrogens is 336 g/mol. The van der Waals surface area contributed by atoms with Gasteiger partial charge in [0.25, 0.3) is 5.69 Å². The van der Waals surface area contributed by atoms with E-state index in [1.165, 1.54) is 24.3 Å². The van der Waals surface area contributed by atoms with Crippen LogP contribution in [0, 0.1) is 10.1 Å². The lowest BCUT2D eigenvalue weighted by molar-refractivity contribution is -0.385. The maximum absolute atomic E-state index is 11.9. The number of nitro groups is 1. The van der Waals surface area contributed by atoms with Crippen LogP contribution in [0.1, 0.15) is 23.0 Å². The van der Waals surface area contributed by atoms with E-state index >= 15 is 0 Å². The predicted molar refractivity (Wildman–Crippen MR) is 86.6 cm³/mol. The Kier molecular flexibility index (Phi) is 5.68. The van der Waals surface area contributed by atoms with Crippen molar-refractivity contribution in [2.24, 2.45) is 0 Å². The molecule has 0 spiro atoms. The minimum Gasteiger partial charge on any atom is -0.461 e. The van der Waals surface area contributed by atoms with Crippen molar-refractivity contribution in [2.45, 2.75) is 6.92 Å². The van der Waals surface area contributed by atoms with Crippen LogP contribution in [0.3, 0.4) is 0 Å². The Balaban J connectivity index is 2.11. The van der Waals surface area contributed by atoms with Gasteiger partial charge in [0.2, 0.25) is 11.6 Å². The smallest absolute Gasteiger partial charge is 0.362 e. The summed E-state index contributed by atoms with van der Waals surface area (Å²) >= 11 is 0.826. The van der Waals surface area contributed by atoms with E-state index in [4.69, 9.17) is 4.74 Å². The van der Waals surface area contributed by atoms with Crippen molar-refractivity contribution in [3.05, 3.63) is 51.7 Å². The Labute approximate surface area is 140 Å². The van der Waals surface area contributed by atoms with Gasteiger partial charge in [-0.3, -0.25) is 14.9 Å². The number of esters is 1. The first-order valence-electron chi connectivity index (χ1n) is 6.75. The molecule has 1 amide bonds. The van der Waals surface area contributed by atoms with Gasteiger partial charge in [0.15, 0.2) is 5.00 Å². The number of nitrogens with zero attached hydrogens (tertiary/aromatic N) is 3. The third kappa shape index (κ3) is 4.20. The van der Waals surface area contributed by atoms with Gasteiger partial charge in [0.1, 0.15) is 0 Å². The van der Waals surface area contributed by atoms with Crippen LogP contribution in [0.15, 0.2) is 30.3 Å². The second-order valence-electron chi connectivity index (χ2n) is 4.31. The van der Waals surface area contributed by atoms with Gasteiger partial charge in [-0.2, -0.15) is 0 Å². The van der Waals surface area contributed by atoms with E-state index in [-0.39, 0.29) is 28.6 Å². The summed E-state index contributed by atoms with van der Waals surface area (Å²) in [5.41, 5.74) is 0.0770. The molecule has 0 aliphatic rings. The van der Waals surface area contributed by atoms with Crippen molar-refractivity contribution in [2.75, 3.05) is 11.9 Å². The van der Waals surface area contributed by atoms with E-state index in [1.54, 1.807) is 13.0 Å². The lowest BCUT2D eigenvalue weighted by atomic mass is 10.1. The van der Waals surface area contributed by atoms with Crippen molar-refractivity contribution < 1.29 is 19.2 Å². The van der Waals surface area contributed by atoms with Crippen LogP contribution >= 0.6 is 11.5 Å². The van der Waals surface area contributed by atoms with Crippen LogP contribution in [0.2, 0.25) is 0 Å². The Morgan fingerprint density at radius 2 is 2.17 bits per heavy atom.